The minimum Gasteiger partial charge on any atom is -0.469 e. The first kappa shape index (κ1) is 14.4. The van der Waals surface area contributed by atoms with Gasteiger partial charge in [-0.1, -0.05) is 37.3 Å². The molecule has 0 unspecified atom stereocenters. The average molecular weight is 336 g/mol. The van der Waals surface area contributed by atoms with Crippen molar-refractivity contribution in [1.29, 1.82) is 0 Å². The standard InChI is InChI=1S/C21H24N2O2/c1-12-15-11-23-9-5-8-20(12)10-13(18(24)25-2)17-21(15,19(20)23)14-6-3-4-7-16(14)22-17/h3-8,12-13,15,17,19,22H,9-11H2,1-2H3/t12-,13+,15+,17-,19-,20+,21+/m0/s1. The number of hydrogen-bond donors (Lipinski definition) is 1. The number of nitrogens with zero attached hydrogens (tertiary/aromatic N) is 1. The number of anilines is 1. The molecule has 4 nitrogen and oxygen atoms in total. The molecule has 1 aromatic carbocycles. The first-order chi connectivity index (χ1) is 12.1. The Morgan fingerprint density at radius 3 is 3.04 bits per heavy atom. The summed E-state index contributed by atoms with van der Waals surface area (Å²) in [6, 6.07) is 9.42. The molecule has 3 heterocycles. The van der Waals surface area contributed by atoms with Crippen LogP contribution in [0.2, 0.25) is 0 Å². The number of para-hydroxylation sites is 1. The first-order valence-corrected chi connectivity index (χ1v) is 9.50. The highest BCUT2D eigenvalue weighted by atomic mass is 16.5. The SMILES string of the molecule is COC(=O)[C@@H]1C[C@]23C=CCN4C[C@H]([C@@H]2C)[C@@]2(c5ccccc5N[C@@H]12)[C@@H]43. The molecule has 0 amide bonds. The fourth-order valence-electron chi connectivity index (χ4n) is 7.68. The van der Waals surface area contributed by atoms with Gasteiger partial charge in [-0.05, 0) is 29.9 Å². The third kappa shape index (κ3) is 1.31. The summed E-state index contributed by atoms with van der Waals surface area (Å²) in [4.78, 5) is 15.5. The number of ether oxygens (including phenoxy) is 1. The Bertz CT molecular complexity index is 820. The molecule has 2 aliphatic carbocycles. The maximum absolute atomic E-state index is 12.8. The summed E-state index contributed by atoms with van der Waals surface area (Å²) in [5.41, 5.74) is 2.82. The summed E-state index contributed by atoms with van der Waals surface area (Å²) in [5, 5.41) is 3.78. The van der Waals surface area contributed by atoms with Gasteiger partial charge >= 0.3 is 5.97 Å². The Morgan fingerprint density at radius 1 is 1.36 bits per heavy atom. The minimum atomic E-state index is -0.0798. The van der Waals surface area contributed by atoms with Gasteiger partial charge in [0.05, 0.1) is 19.1 Å². The van der Waals surface area contributed by atoms with Crippen molar-refractivity contribution >= 4 is 11.7 Å². The van der Waals surface area contributed by atoms with E-state index in [0.29, 0.717) is 17.9 Å². The molecular weight excluding hydrogens is 312 g/mol. The lowest BCUT2D eigenvalue weighted by atomic mass is 9.56. The molecule has 1 N–H and O–H groups in total. The molecule has 4 bridgehead atoms. The zero-order chi connectivity index (χ0) is 17.0. The fraction of sp³-hybridized carbons (Fsp3) is 0.571. The fourth-order valence-corrected chi connectivity index (χ4v) is 7.68. The highest BCUT2D eigenvalue weighted by Crippen LogP contribution is 2.74. The van der Waals surface area contributed by atoms with Crippen molar-refractivity contribution in [3.05, 3.63) is 42.0 Å². The van der Waals surface area contributed by atoms with Crippen LogP contribution in [0.25, 0.3) is 0 Å². The van der Waals surface area contributed by atoms with Gasteiger partial charge in [0, 0.05) is 35.6 Å². The maximum Gasteiger partial charge on any atom is 0.310 e. The van der Waals surface area contributed by atoms with Gasteiger partial charge < -0.3 is 10.1 Å². The molecule has 1 spiro atoms. The van der Waals surface area contributed by atoms with Crippen LogP contribution in [0, 0.1) is 23.2 Å². The summed E-state index contributed by atoms with van der Waals surface area (Å²) >= 11 is 0. The highest BCUT2D eigenvalue weighted by molar-refractivity contribution is 5.79. The number of fused-ring (bicyclic) bond motifs is 1. The minimum absolute atomic E-state index is 0.0396. The number of esters is 1. The van der Waals surface area contributed by atoms with Gasteiger partial charge in [-0.3, -0.25) is 9.69 Å². The normalized spacial score (nSPS) is 48.0. The van der Waals surface area contributed by atoms with Gasteiger partial charge in [0.2, 0.25) is 0 Å². The van der Waals surface area contributed by atoms with Crippen LogP contribution in [0.4, 0.5) is 5.69 Å². The third-order valence-electron chi connectivity index (χ3n) is 8.29. The Labute approximate surface area is 148 Å². The van der Waals surface area contributed by atoms with Gasteiger partial charge in [0.15, 0.2) is 0 Å². The Kier molecular flexibility index (Phi) is 2.47. The lowest BCUT2D eigenvalue weighted by Crippen LogP contribution is -2.63. The molecule has 3 aliphatic heterocycles. The number of hydrogen-bond acceptors (Lipinski definition) is 4. The molecule has 0 aromatic heterocycles. The van der Waals surface area contributed by atoms with E-state index in [9.17, 15) is 4.79 Å². The molecule has 5 aliphatic rings. The van der Waals surface area contributed by atoms with E-state index < -0.39 is 0 Å². The van der Waals surface area contributed by atoms with Crippen molar-refractivity contribution in [3.8, 4) is 0 Å². The van der Waals surface area contributed by atoms with Gasteiger partial charge in [-0.2, -0.15) is 0 Å². The maximum atomic E-state index is 12.8. The van der Waals surface area contributed by atoms with Crippen LogP contribution in [-0.2, 0) is 14.9 Å². The average Bonchev–Trinajstić information content (AvgIpc) is 3.22. The summed E-state index contributed by atoms with van der Waals surface area (Å²) in [6.07, 6.45) is 5.71. The molecule has 25 heavy (non-hydrogen) atoms. The monoisotopic (exact) mass is 336 g/mol. The number of rotatable bonds is 1. The predicted octanol–water partition coefficient (Wildman–Crippen LogP) is 2.42. The zero-order valence-corrected chi connectivity index (χ0v) is 14.7. The molecule has 7 atom stereocenters. The summed E-state index contributed by atoms with van der Waals surface area (Å²) in [6.45, 7) is 4.63. The highest BCUT2D eigenvalue weighted by Gasteiger charge is 2.80. The van der Waals surface area contributed by atoms with Gasteiger partial charge in [0.1, 0.15) is 0 Å². The van der Waals surface area contributed by atoms with Crippen LogP contribution in [0.1, 0.15) is 18.9 Å². The van der Waals surface area contributed by atoms with E-state index in [1.54, 1.807) is 0 Å². The topological polar surface area (TPSA) is 41.6 Å². The van der Waals surface area contributed by atoms with E-state index in [4.69, 9.17) is 4.74 Å². The van der Waals surface area contributed by atoms with E-state index in [2.05, 4.69) is 53.6 Å². The third-order valence-corrected chi connectivity index (χ3v) is 8.29. The van der Waals surface area contributed by atoms with E-state index in [-0.39, 0.29) is 28.8 Å². The number of carbonyl (C=O) groups excluding carboxylic acids is 1. The predicted molar refractivity (Wildman–Crippen MR) is 95.2 cm³/mol. The molecule has 4 heteroatoms. The molecule has 1 aromatic rings. The van der Waals surface area contributed by atoms with E-state index in [0.717, 1.165) is 19.5 Å². The van der Waals surface area contributed by atoms with Gasteiger partial charge in [-0.15, -0.1) is 0 Å². The second kappa shape index (κ2) is 4.29. The zero-order valence-electron chi connectivity index (χ0n) is 14.7. The Balaban J connectivity index is 1.66. The van der Waals surface area contributed by atoms with Crippen molar-refractivity contribution in [1.82, 2.24) is 4.90 Å². The Hall–Kier alpha value is -1.81. The summed E-state index contributed by atoms with van der Waals surface area (Å²) in [5.74, 6) is 1.06. The molecule has 2 saturated carbocycles. The molecule has 0 radical (unpaired) electrons. The molecular formula is C21H24N2O2. The Morgan fingerprint density at radius 2 is 2.20 bits per heavy atom. The molecule has 3 fully saturated rings. The van der Waals surface area contributed by atoms with Crippen LogP contribution >= 0.6 is 0 Å². The quantitative estimate of drug-likeness (QED) is 0.632. The van der Waals surface area contributed by atoms with E-state index >= 15 is 0 Å². The van der Waals surface area contributed by atoms with Crippen molar-refractivity contribution in [2.24, 2.45) is 23.2 Å². The van der Waals surface area contributed by atoms with Gasteiger partial charge in [0.25, 0.3) is 0 Å². The van der Waals surface area contributed by atoms with Crippen molar-refractivity contribution in [3.63, 3.8) is 0 Å². The molecule has 1 saturated heterocycles. The van der Waals surface area contributed by atoms with E-state index in [1.165, 1.54) is 18.4 Å². The van der Waals surface area contributed by atoms with Crippen LogP contribution in [0.15, 0.2) is 36.4 Å². The van der Waals surface area contributed by atoms with Crippen molar-refractivity contribution < 1.29 is 9.53 Å². The number of nitrogens with one attached hydrogen (secondary N) is 1. The molecule has 130 valence electrons. The van der Waals surface area contributed by atoms with Gasteiger partial charge in [-0.25, -0.2) is 0 Å². The second-order valence-electron chi connectivity index (χ2n) is 8.70. The van der Waals surface area contributed by atoms with Crippen molar-refractivity contribution in [2.75, 3.05) is 25.5 Å². The number of piperidine rings is 1. The van der Waals surface area contributed by atoms with Crippen LogP contribution in [0.5, 0.6) is 0 Å². The largest absolute Gasteiger partial charge is 0.469 e. The lowest BCUT2D eigenvalue weighted by Gasteiger charge is -2.54. The number of carbonyl (C=O) groups is 1. The number of methoxy groups -OCH3 is 1. The van der Waals surface area contributed by atoms with E-state index in [1.807, 2.05) is 0 Å². The van der Waals surface area contributed by atoms with Crippen molar-refractivity contribution in [2.45, 2.75) is 30.8 Å². The van der Waals surface area contributed by atoms with Crippen LogP contribution in [-0.4, -0.2) is 43.2 Å². The first-order valence-electron chi connectivity index (χ1n) is 9.50. The summed E-state index contributed by atoms with van der Waals surface area (Å²) in [7, 11) is 1.53. The smallest absolute Gasteiger partial charge is 0.310 e. The lowest BCUT2D eigenvalue weighted by molar-refractivity contribution is -0.150. The number of benzene rings is 1. The van der Waals surface area contributed by atoms with Crippen LogP contribution < -0.4 is 5.32 Å². The second-order valence-corrected chi connectivity index (χ2v) is 8.70. The summed E-state index contributed by atoms with van der Waals surface area (Å²) < 4.78 is 5.26. The van der Waals surface area contributed by atoms with Crippen LogP contribution in [0.3, 0.4) is 0 Å². The molecule has 6 rings (SSSR count).